The molecule has 1 N–H and O–H groups in total. The fourth-order valence-electron chi connectivity index (χ4n) is 3.39. The Labute approximate surface area is 130 Å². The van der Waals surface area contributed by atoms with Crippen molar-refractivity contribution in [2.75, 3.05) is 39.3 Å². The molecule has 2 aliphatic rings. The minimum Gasteiger partial charge on any atom is -0.346 e. The van der Waals surface area contributed by atoms with E-state index < -0.39 is 18.6 Å². The minimum absolute atomic E-state index is 0.0699. The maximum absolute atomic E-state index is 12.1. The standard InChI is InChI=1S/C15H26F3N3O/c16-15(17,18)12-19-14(22)11-20-7-5-6-13(10-20)21-8-3-1-2-4-9-21/h13H,1-12H2,(H,19,22)/t13-/m1/s1. The van der Waals surface area contributed by atoms with Gasteiger partial charge in [-0.2, -0.15) is 13.2 Å². The van der Waals surface area contributed by atoms with Gasteiger partial charge in [0.1, 0.15) is 6.54 Å². The highest BCUT2D eigenvalue weighted by Gasteiger charge is 2.29. The number of alkyl halides is 3. The molecule has 22 heavy (non-hydrogen) atoms. The number of carbonyl (C=O) groups excluding carboxylic acids is 1. The molecule has 2 aliphatic heterocycles. The lowest BCUT2D eigenvalue weighted by atomic mass is 10.0. The van der Waals surface area contributed by atoms with Crippen LogP contribution in [0.5, 0.6) is 0 Å². The molecule has 7 heteroatoms. The molecule has 4 nitrogen and oxygen atoms in total. The van der Waals surface area contributed by atoms with Crippen LogP contribution in [0.1, 0.15) is 38.5 Å². The van der Waals surface area contributed by atoms with Gasteiger partial charge in [-0.15, -0.1) is 0 Å². The van der Waals surface area contributed by atoms with E-state index in [2.05, 4.69) is 4.90 Å². The van der Waals surface area contributed by atoms with Crippen LogP contribution in [0.2, 0.25) is 0 Å². The second kappa shape index (κ2) is 8.15. The van der Waals surface area contributed by atoms with Crippen molar-refractivity contribution >= 4 is 5.91 Å². The van der Waals surface area contributed by atoms with Crippen LogP contribution >= 0.6 is 0 Å². The highest BCUT2D eigenvalue weighted by Crippen LogP contribution is 2.20. The van der Waals surface area contributed by atoms with Crippen molar-refractivity contribution < 1.29 is 18.0 Å². The van der Waals surface area contributed by atoms with Crippen molar-refractivity contribution in [2.45, 2.75) is 50.7 Å². The molecule has 1 atom stereocenters. The van der Waals surface area contributed by atoms with E-state index in [1.165, 1.54) is 25.7 Å². The number of rotatable bonds is 4. The quantitative estimate of drug-likeness (QED) is 0.860. The summed E-state index contributed by atoms with van der Waals surface area (Å²) < 4.78 is 36.3. The highest BCUT2D eigenvalue weighted by atomic mass is 19.4. The first-order chi connectivity index (χ1) is 10.4. The van der Waals surface area contributed by atoms with Gasteiger partial charge in [0.2, 0.25) is 5.91 Å². The van der Waals surface area contributed by atoms with Crippen molar-refractivity contribution in [3.63, 3.8) is 0 Å². The SMILES string of the molecule is O=C(CN1CCC[C@@H](N2CCCCCC2)C1)NCC(F)(F)F. The van der Waals surface area contributed by atoms with E-state index >= 15 is 0 Å². The summed E-state index contributed by atoms with van der Waals surface area (Å²) >= 11 is 0. The lowest BCUT2D eigenvalue weighted by molar-refractivity contribution is -0.139. The van der Waals surface area contributed by atoms with Crippen LogP contribution in [-0.4, -0.2) is 67.2 Å². The number of amides is 1. The Hall–Kier alpha value is -0.820. The Morgan fingerprint density at radius 1 is 1.05 bits per heavy atom. The fraction of sp³-hybridized carbons (Fsp3) is 0.933. The van der Waals surface area contributed by atoms with E-state index in [1.807, 2.05) is 10.2 Å². The summed E-state index contributed by atoms with van der Waals surface area (Å²) in [5.74, 6) is -0.533. The molecular formula is C15H26F3N3O. The van der Waals surface area contributed by atoms with Crippen molar-refractivity contribution in [3.8, 4) is 0 Å². The second-order valence-corrected chi connectivity index (χ2v) is 6.37. The number of nitrogens with zero attached hydrogens (tertiary/aromatic N) is 2. The third-order valence-corrected chi connectivity index (χ3v) is 4.49. The number of carbonyl (C=O) groups is 1. The summed E-state index contributed by atoms with van der Waals surface area (Å²) in [5.41, 5.74) is 0. The monoisotopic (exact) mass is 321 g/mol. The lowest BCUT2D eigenvalue weighted by Crippen LogP contribution is -2.51. The molecule has 2 rings (SSSR count). The molecule has 1 amide bonds. The number of halogens is 3. The molecule has 0 aromatic carbocycles. The third kappa shape index (κ3) is 6.12. The van der Waals surface area contributed by atoms with Gasteiger partial charge in [0, 0.05) is 12.6 Å². The van der Waals surface area contributed by atoms with E-state index in [0.717, 1.165) is 39.0 Å². The lowest BCUT2D eigenvalue weighted by Gasteiger charge is -2.38. The third-order valence-electron chi connectivity index (χ3n) is 4.49. The molecule has 0 radical (unpaired) electrons. The molecule has 2 saturated heterocycles. The van der Waals surface area contributed by atoms with Crippen molar-refractivity contribution in [1.82, 2.24) is 15.1 Å². The molecule has 0 aromatic rings. The van der Waals surface area contributed by atoms with Crippen LogP contribution in [0, 0.1) is 0 Å². The summed E-state index contributed by atoms with van der Waals surface area (Å²) in [7, 11) is 0. The normalized spacial score (nSPS) is 25.7. The number of likely N-dealkylation sites (tertiary alicyclic amines) is 2. The average Bonchev–Trinajstić information content (AvgIpc) is 2.74. The van der Waals surface area contributed by atoms with Gasteiger partial charge < -0.3 is 5.32 Å². The van der Waals surface area contributed by atoms with Crippen molar-refractivity contribution in [1.29, 1.82) is 0 Å². The number of hydrogen-bond acceptors (Lipinski definition) is 3. The van der Waals surface area contributed by atoms with Gasteiger partial charge in [0.15, 0.2) is 0 Å². The van der Waals surface area contributed by atoms with Gasteiger partial charge in [-0.05, 0) is 45.3 Å². The summed E-state index contributed by atoms with van der Waals surface area (Å²) in [6.45, 7) is 2.64. The van der Waals surface area contributed by atoms with Crippen molar-refractivity contribution in [2.24, 2.45) is 0 Å². The number of piperidine rings is 1. The molecule has 0 unspecified atom stereocenters. The van der Waals surface area contributed by atoms with Crippen LogP contribution in [0.15, 0.2) is 0 Å². The molecule has 128 valence electrons. The zero-order valence-electron chi connectivity index (χ0n) is 13.0. The molecule has 0 aromatic heterocycles. The molecule has 2 fully saturated rings. The number of nitrogens with one attached hydrogen (secondary N) is 1. The summed E-state index contributed by atoms with van der Waals surface area (Å²) in [6, 6.07) is 0.447. The molecule has 2 heterocycles. The van der Waals surface area contributed by atoms with Crippen LogP contribution < -0.4 is 5.32 Å². The second-order valence-electron chi connectivity index (χ2n) is 6.37. The van der Waals surface area contributed by atoms with Crippen LogP contribution in [0.25, 0.3) is 0 Å². The molecule has 0 spiro atoms. The van der Waals surface area contributed by atoms with Crippen molar-refractivity contribution in [3.05, 3.63) is 0 Å². The summed E-state index contributed by atoms with van der Waals surface area (Å²) in [6.07, 6.45) is 2.81. The Bertz CT molecular complexity index is 354. The number of hydrogen-bond donors (Lipinski definition) is 1. The van der Waals surface area contributed by atoms with E-state index in [1.54, 1.807) is 0 Å². The predicted molar refractivity (Wildman–Crippen MR) is 78.6 cm³/mol. The fourth-order valence-corrected chi connectivity index (χ4v) is 3.39. The first kappa shape index (κ1) is 17.5. The van der Waals surface area contributed by atoms with E-state index in [-0.39, 0.29) is 6.54 Å². The maximum Gasteiger partial charge on any atom is 0.405 e. The van der Waals surface area contributed by atoms with Gasteiger partial charge in [0.25, 0.3) is 0 Å². The Balaban J connectivity index is 1.76. The van der Waals surface area contributed by atoms with Gasteiger partial charge >= 0.3 is 6.18 Å². The van der Waals surface area contributed by atoms with E-state index in [9.17, 15) is 18.0 Å². The van der Waals surface area contributed by atoms with Crippen LogP contribution in [0.4, 0.5) is 13.2 Å². The van der Waals surface area contributed by atoms with Gasteiger partial charge in [-0.3, -0.25) is 14.6 Å². The maximum atomic E-state index is 12.1. The predicted octanol–water partition coefficient (Wildman–Crippen LogP) is 2.01. The topological polar surface area (TPSA) is 35.6 Å². The molecule has 0 bridgehead atoms. The summed E-state index contributed by atoms with van der Waals surface area (Å²) in [4.78, 5) is 16.1. The average molecular weight is 321 g/mol. The van der Waals surface area contributed by atoms with Gasteiger partial charge in [-0.1, -0.05) is 12.8 Å². The first-order valence-electron chi connectivity index (χ1n) is 8.24. The van der Waals surface area contributed by atoms with E-state index in [0.29, 0.717) is 6.04 Å². The Morgan fingerprint density at radius 2 is 1.73 bits per heavy atom. The Kier molecular flexibility index (Phi) is 6.50. The zero-order chi connectivity index (χ0) is 16.0. The Morgan fingerprint density at radius 3 is 2.36 bits per heavy atom. The summed E-state index contributed by atoms with van der Waals surface area (Å²) in [5, 5.41) is 1.96. The minimum atomic E-state index is -4.34. The highest BCUT2D eigenvalue weighted by molar-refractivity contribution is 5.78. The van der Waals surface area contributed by atoms with Crippen LogP contribution in [0.3, 0.4) is 0 Å². The van der Waals surface area contributed by atoms with Gasteiger partial charge in [-0.25, -0.2) is 0 Å². The van der Waals surface area contributed by atoms with E-state index in [4.69, 9.17) is 0 Å². The zero-order valence-corrected chi connectivity index (χ0v) is 13.0. The largest absolute Gasteiger partial charge is 0.405 e. The molecular weight excluding hydrogens is 295 g/mol. The van der Waals surface area contributed by atoms with Gasteiger partial charge in [0.05, 0.1) is 6.54 Å². The molecule has 0 aliphatic carbocycles. The van der Waals surface area contributed by atoms with Crippen LogP contribution in [-0.2, 0) is 4.79 Å². The first-order valence-corrected chi connectivity index (χ1v) is 8.24. The molecule has 0 saturated carbocycles. The smallest absolute Gasteiger partial charge is 0.346 e.